The van der Waals surface area contributed by atoms with Crippen LogP contribution in [-0.4, -0.2) is 31.1 Å². The zero-order valence-corrected chi connectivity index (χ0v) is 10.6. The molecule has 2 rings (SSSR count). The van der Waals surface area contributed by atoms with Crippen molar-refractivity contribution in [3.8, 4) is 11.5 Å². The van der Waals surface area contributed by atoms with E-state index in [1.54, 1.807) is 6.92 Å². The second kappa shape index (κ2) is 5.15. The van der Waals surface area contributed by atoms with Crippen molar-refractivity contribution in [3.63, 3.8) is 0 Å². The highest BCUT2D eigenvalue weighted by Gasteiger charge is 2.17. The number of rotatable bonds is 2. The van der Waals surface area contributed by atoms with Crippen LogP contribution in [0.3, 0.4) is 0 Å². The summed E-state index contributed by atoms with van der Waals surface area (Å²) in [5, 5.41) is 31.3. The summed E-state index contributed by atoms with van der Waals surface area (Å²) in [6.07, 6.45) is 0. The standard InChI is InChI=1S/C11H10N2O5.ClH/c1-2-13-6-4-8(15)7(14)3-5(6)10(16)9(12-13)11(17)18;/h3-4,14-15H,2H2,1H3,(H,17,18);1H. The van der Waals surface area contributed by atoms with Gasteiger partial charge in [-0.15, -0.1) is 12.4 Å². The molecule has 0 aliphatic heterocycles. The number of aromatic hydroxyl groups is 2. The maximum absolute atomic E-state index is 11.9. The predicted octanol–water partition coefficient (Wildman–Crippen LogP) is 0.948. The molecular weight excluding hydrogens is 276 g/mol. The van der Waals surface area contributed by atoms with Crippen molar-refractivity contribution in [1.82, 2.24) is 9.78 Å². The molecule has 0 amide bonds. The number of phenols is 2. The van der Waals surface area contributed by atoms with Crippen molar-refractivity contribution in [1.29, 1.82) is 0 Å². The first-order valence-electron chi connectivity index (χ1n) is 5.15. The number of aromatic carboxylic acids is 1. The van der Waals surface area contributed by atoms with Crippen molar-refractivity contribution in [2.24, 2.45) is 0 Å². The van der Waals surface area contributed by atoms with Crippen molar-refractivity contribution >= 4 is 29.3 Å². The van der Waals surface area contributed by atoms with Crippen LogP contribution >= 0.6 is 12.4 Å². The summed E-state index contributed by atoms with van der Waals surface area (Å²) >= 11 is 0. The highest BCUT2D eigenvalue weighted by atomic mass is 35.5. The molecule has 0 radical (unpaired) electrons. The predicted molar refractivity (Wildman–Crippen MR) is 69.2 cm³/mol. The van der Waals surface area contributed by atoms with Crippen molar-refractivity contribution in [3.05, 3.63) is 28.0 Å². The normalized spacial score (nSPS) is 10.2. The van der Waals surface area contributed by atoms with Gasteiger partial charge in [0.15, 0.2) is 11.5 Å². The van der Waals surface area contributed by atoms with E-state index >= 15 is 0 Å². The zero-order chi connectivity index (χ0) is 13.4. The first-order chi connectivity index (χ1) is 8.45. The third-order valence-electron chi connectivity index (χ3n) is 2.55. The molecule has 102 valence electrons. The number of fused-ring (bicyclic) bond motifs is 1. The van der Waals surface area contributed by atoms with E-state index in [-0.39, 0.29) is 23.3 Å². The maximum atomic E-state index is 11.9. The minimum absolute atomic E-state index is 0. The van der Waals surface area contributed by atoms with Gasteiger partial charge in [-0.1, -0.05) is 0 Å². The zero-order valence-electron chi connectivity index (χ0n) is 9.82. The van der Waals surface area contributed by atoms with Crippen LogP contribution in [0.2, 0.25) is 0 Å². The molecule has 0 saturated heterocycles. The minimum atomic E-state index is -1.43. The third-order valence-corrected chi connectivity index (χ3v) is 2.55. The smallest absolute Gasteiger partial charge is 0.360 e. The average Bonchev–Trinajstić information content (AvgIpc) is 2.32. The van der Waals surface area contributed by atoms with Gasteiger partial charge < -0.3 is 15.3 Å². The fraction of sp³-hybridized carbons (Fsp3) is 0.182. The Balaban J connectivity index is 0.00000180. The van der Waals surface area contributed by atoms with Crippen LogP contribution in [0.5, 0.6) is 11.5 Å². The second-order valence-corrected chi connectivity index (χ2v) is 3.66. The molecular formula is C11H11ClN2O5. The van der Waals surface area contributed by atoms with E-state index in [0.717, 1.165) is 6.07 Å². The van der Waals surface area contributed by atoms with Crippen molar-refractivity contribution in [2.45, 2.75) is 13.5 Å². The second-order valence-electron chi connectivity index (χ2n) is 3.66. The molecule has 0 saturated carbocycles. The number of carboxylic acid groups (broad SMARTS) is 1. The van der Waals surface area contributed by atoms with Gasteiger partial charge in [0, 0.05) is 12.6 Å². The first-order valence-corrected chi connectivity index (χ1v) is 5.15. The fourth-order valence-corrected chi connectivity index (χ4v) is 1.69. The molecule has 7 nitrogen and oxygen atoms in total. The number of aromatic nitrogens is 2. The summed E-state index contributed by atoms with van der Waals surface area (Å²) in [6, 6.07) is 2.21. The molecule has 0 aliphatic rings. The quantitative estimate of drug-likeness (QED) is 0.708. The van der Waals surface area contributed by atoms with Crippen LogP contribution in [0.4, 0.5) is 0 Å². The molecule has 0 spiro atoms. The number of halogens is 1. The number of hydrogen-bond acceptors (Lipinski definition) is 5. The molecule has 0 bridgehead atoms. The number of aryl methyl sites for hydroxylation is 1. The Morgan fingerprint density at radius 3 is 2.42 bits per heavy atom. The Hall–Kier alpha value is -2.28. The Labute approximate surface area is 113 Å². The van der Waals surface area contributed by atoms with E-state index in [9.17, 15) is 19.8 Å². The molecule has 1 aromatic carbocycles. The van der Waals surface area contributed by atoms with Crippen LogP contribution in [0.1, 0.15) is 17.4 Å². The lowest BCUT2D eigenvalue weighted by Crippen LogP contribution is -2.22. The molecule has 3 N–H and O–H groups in total. The summed E-state index contributed by atoms with van der Waals surface area (Å²) < 4.78 is 1.28. The Morgan fingerprint density at radius 1 is 1.32 bits per heavy atom. The number of benzene rings is 1. The molecule has 8 heteroatoms. The van der Waals surface area contributed by atoms with Gasteiger partial charge in [-0.3, -0.25) is 9.48 Å². The van der Waals surface area contributed by atoms with Crippen LogP contribution < -0.4 is 5.43 Å². The number of nitrogens with zero attached hydrogens (tertiary/aromatic N) is 2. The van der Waals surface area contributed by atoms with E-state index in [4.69, 9.17) is 5.11 Å². The first kappa shape index (κ1) is 14.8. The fourth-order valence-electron chi connectivity index (χ4n) is 1.69. The topological polar surface area (TPSA) is 113 Å². The van der Waals surface area contributed by atoms with Gasteiger partial charge in [-0.25, -0.2) is 4.79 Å². The number of hydrogen-bond donors (Lipinski definition) is 3. The Morgan fingerprint density at radius 2 is 1.89 bits per heavy atom. The number of carbonyl (C=O) groups is 1. The molecule has 19 heavy (non-hydrogen) atoms. The minimum Gasteiger partial charge on any atom is -0.504 e. The van der Waals surface area contributed by atoms with Gasteiger partial charge in [0.25, 0.3) is 0 Å². The van der Waals surface area contributed by atoms with Crippen LogP contribution in [-0.2, 0) is 6.54 Å². The van der Waals surface area contributed by atoms with Gasteiger partial charge >= 0.3 is 5.97 Å². The summed E-state index contributed by atoms with van der Waals surface area (Å²) in [6.45, 7) is 2.04. The molecule has 0 fully saturated rings. The van der Waals surface area contributed by atoms with Gasteiger partial charge in [0.05, 0.1) is 10.9 Å². The lowest BCUT2D eigenvalue weighted by atomic mass is 10.1. The monoisotopic (exact) mass is 286 g/mol. The molecule has 1 aromatic heterocycles. The summed E-state index contributed by atoms with van der Waals surface area (Å²) in [4.78, 5) is 22.7. The van der Waals surface area contributed by atoms with Crippen molar-refractivity contribution in [2.75, 3.05) is 0 Å². The van der Waals surface area contributed by atoms with Gasteiger partial charge in [-0.05, 0) is 13.0 Å². The van der Waals surface area contributed by atoms with E-state index in [0.29, 0.717) is 6.54 Å². The van der Waals surface area contributed by atoms with Crippen molar-refractivity contribution < 1.29 is 20.1 Å². The summed E-state index contributed by atoms with van der Waals surface area (Å²) in [5.41, 5.74) is -1.14. The van der Waals surface area contributed by atoms with Crippen LogP contribution in [0.15, 0.2) is 16.9 Å². The molecule has 2 aromatic rings. The molecule has 0 aliphatic carbocycles. The Kier molecular flexibility index (Phi) is 4.01. The van der Waals surface area contributed by atoms with E-state index in [1.165, 1.54) is 10.7 Å². The van der Waals surface area contributed by atoms with E-state index in [2.05, 4.69) is 5.10 Å². The third kappa shape index (κ3) is 2.32. The lowest BCUT2D eigenvalue weighted by molar-refractivity contribution is 0.0686. The summed E-state index contributed by atoms with van der Waals surface area (Å²) in [7, 11) is 0. The van der Waals surface area contributed by atoms with Gasteiger partial charge in [0.2, 0.25) is 11.1 Å². The largest absolute Gasteiger partial charge is 0.504 e. The van der Waals surface area contributed by atoms with Gasteiger partial charge in [-0.2, -0.15) is 5.10 Å². The lowest BCUT2D eigenvalue weighted by Gasteiger charge is -2.09. The molecule has 1 heterocycles. The highest BCUT2D eigenvalue weighted by Crippen LogP contribution is 2.28. The average molecular weight is 287 g/mol. The highest BCUT2D eigenvalue weighted by molar-refractivity contribution is 5.91. The maximum Gasteiger partial charge on any atom is 0.360 e. The molecule has 0 atom stereocenters. The van der Waals surface area contributed by atoms with Crippen LogP contribution in [0, 0.1) is 0 Å². The summed E-state index contributed by atoms with van der Waals surface area (Å²) in [5.74, 6) is -2.31. The molecule has 0 unspecified atom stereocenters. The van der Waals surface area contributed by atoms with E-state index in [1.807, 2.05) is 0 Å². The van der Waals surface area contributed by atoms with Crippen LogP contribution in [0.25, 0.3) is 10.9 Å². The number of carboxylic acids is 1. The van der Waals surface area contributed by atoms with Gasteiger partial charge in [0.1, 0.15) is 0 Å². The number of phenolic OH excluding ortho intramolecular Hbond substituents is 2. The Bertz CT molecular complexity index is 710. The SMILES string of the molecule is CCn1nc(C(=O)O)c(=O)c2cc(O)c(O)cc21.Cl. The van der Waals surface area contributed by atoms with E-state index < -0.39 is 28.6 Å².